The second-order valence-corrected chi connectivity index (χ2v) is 11.9. The van der Waals surface area contributed by atoms with Gasteiger partial charge in [0.25, 0.3) is 0 Å². The van der Waals surface area contributed by atoms with E-state index in [1.807, 2.05) is 35.2 Å². The number of fused-ring (bicyclic) bond motifs is 2. The van der Waals surface area contributed by atoms with Crippen molar-refractivity contribution < 1.29 is 9.53 Å². The minimum atomic E-state index is -0.193. The van der Waals surface area contributed by atoms with Crippen LogP contribution in [0.1, 0.15) is 102 Å². The van der Waals surface area contributed by atoms with E-state index in [-0.39, 0.29) is 6.09 Å². The lowest BCUT2D eigenvalue weighted by molar-refractivity contribution is 0.0865. The van der Waals surface area contributed by atoms with E-state index in [1.54, 1.807) is 0 Å². The van der Waals surface area contributed by atoms with Gasteiger partial charge in [-0.2, -0.15) is 0 Å². The first-order valence-corrected chi connectivity index (χ1v) is 16.4. The number of piperazine rings is 1. The SMILES string of the molecule is CCCCCCCCCCCCCCCCOC(=O)N1CCN(C2=Nc3cc(Cl)ccc3Nc3ccccc32)CC1. The number of rotatable bonds is 15. The minimum Gasteiger partial charge on any atom is -0.449 e. The molecule has 2 aliphatic heterocycles. The summed E-state index contributed by atoms with van der Waals surface area (Å²) in [6, 6.07) is 13.9. The number of carbonyl (C=O) groups is 1. The summed E-state index contributed by atoms with van der Waals surface area (Å²) in [5.74, 6) is 0.907. The van der Waals surface area contributed by atoms with E-state index < -0.39 is 0 Å². The third-order valence-electron chi connectivity index (χ3n) is 8.18. The predicted octanol–water partition coefficient (Wildman–Crippen LogP) is 9.71. The Morgan fingerprint density at radius 2 is 1.41 bits per heavy atom. The van der Waals surface area contributed by atoms with Crippen molar-refractivity contribution in [2.75, 3.05) is 38.1 Å². The van der Waals surface area contributed by atoms with Gasteiger partial charge in [0, 0.05) is 42.5 Å². The summed E-state index contributed by atoms with van der Waals surface area (Å²) < 4.78 is 5.62. The molecule has 2 heterocycles. The first kappa shape index (κ1) is 31.2. The highest BCUT2D eigenvalue weighted by molar-refractivity contribution is 6.31. The molecule has 4 rings (SSSR count). The fourth-order valence-electron chi connectivity index (χ4n) is 5.70. The van der Waals surface area contributed by atoms with E-state index in [2.05, 4.69) is 29.3 Å². The van der Waals surface area contributed by atoms with Crippen molar-refractivity contribution >= 4 is 40.6 Å². The fraction of sp³-hybridized carbons (Fsp3) is 0.588. The molecule has 1 amide bonds. The molecule has 2 aromatic carbocycles. The van der Waals surface area contributed by atoms with Crippen LogP contribution in [0, 0.1) is 0 Å². The summed E-state index contributed by atoms with van der Waals surface area (Å²) in [5, 5.41) is 4.16. The number of amides is 1. The van der Waals surface area contributed by atoms with Gasteiger partial charge >= 0.3 is 6.09 Å². The fourth-order valence-corrected chi connectivity index (χ4v) is 5.87. The zero-order valence-electron chi connectivity index (χ0n) is 25.0. The standard InChI is InChI=1S/C34H49ClN4O2/c1-2-3-4-5-6-7-8-9-10-11-12-13-14-17-26-41-34(40)39-24-22-38(23-25-39)33-29-18-15-16-19-30(29)36-31-21-20-28(35)27-32(31)37-33/h15-16,18-21,27,36H,2-14,17,22-26H2,1H3. The average Bonchev–Trinajstić information content (AvgIpc) is 3.15. The van der Waals surface area contributed by atoms with Crippen LogP contribution in [0.3, 0.4) is 0 Å². The number of carbonyl (C=O) groups excluding carboxylic acids is 1. The third-order valence-corrected chi connectivity index (χ3v) is 8.42. The van der Waals surface area contributed by atoms with Crippen LogP contribution >= 0.6 is 11.6 Å². The molecule has 2 aliphatic rings. The van der Waals surface area contributed by atoms with Crippen molar-refractivity contribution in [2.24, 2.45) is 4.99 Å². The van der Waals surface area contributed by atoms with Crippen LogP contribution in [0.15, 0.2) is 47.5 Å². The zero-order chi connectivity index (χ0) is 28.7. The maximum Gasteiger partial charge on any atom is 0.409 e. The van der Waals surface area contributed by atoms with E-state index in [4.69, 9.17) is 21.3 Å². The van der Waals surface area contributed by atoms with Crippen LogP contribution in [0.4, 0.5) is 21.9 Å². The van der Waals surface area contributed by atoms with Crippen molar-refractivity contribution in [2.45, 2.75) is 96.8 Å². The van der Waals surface area contributed by atoms with Crippen LogP contribution in [0.25, 0.3) is 0 Å². The molecule has 7 heteroatoms. The van der Waals surface area contributed by atoms with Crippen molar-refractivity contribution in [3.05, 3.63) is 53.1 Å². The molecule has 0 atom stereocenters. The van der Waals surface area contributed by atoms with E-state index in [0.717, 1.165) is 41.3 Å². The molecule has 1 saturated heterocycles. The number of aliphatic imine (C=N–C) groups is 1. The first-order valence-electron chi connectivity index (χ1n) is 16.1. The Morgan fingerprint density at radius 1 is 0.805 bits per heavy atom. The highest BCUT2D eigenvalue weighted by Gasteiger charge is 2.27. The largest absolute Gasteiger partial charge is 0.449 e. The van der Waals surface area contributed by atoms with Crippen molar-refractivity contribution in [3.63, 3.8) is 0 Å². The summed E-state index contributed by atoms with van der Waals surface area (Å²) >= 11 is 6.28. The second-order valence-electron chi connectivity index (χ2n) is 11.5. The molecule has 0 saturated carbocycles. The molecule has 0 unspecified atom stereocenters. The van der Waals surface area contributed by atoms with Gasteiger partial charge in [-0.05, 0) is 36.8 Å². The topological polar surface area (TPSA) is 57.2 Å². The van der Waals surface area contributed by atoms with Crippen molar-refractivity contribution in [1.82, 2.24) is 9.80 Å². The van der Waals surface area contributed by atoms with Crippen molar-refractivity contribution in [1.29, 1.82) is 0 Å². The number of nitrogens with one attached hydrogen (secondary N) is 1. The Labute approximate surface area is 252 Å². The van der Waals surface area contributed by atoms with E-state index in [0.29, 0.717) is 37.8 Å². The summed E-state index contributed by atoms with van der Waals surface area (Å²) in [7, 11) is 0. The smallest absolute Gasteiger partial charge is 0.409 e. The van der Waals surface area contributed by atoms with E-state index in [1.165, 1.54) is 77.0 Å². The Morgan fingerprint density at radius 3 is 2.07 bits per heavy atom. The summed E-state index contributed by atoms with van der Waals surface area (Å²) in [5.41, 5.74) is 3.82. The molecule has 0 bridgehead atoms. The molecule has 6 nitrogen and oxygen atoms in total. The number of unbranched alkanes of at least 4 members (excludes halogenated alkanes) is 13. The van der Waals surface area contributed by atoms with Crippen molar-refractivity contribution in [3.8, 4) is 0 Å². The third kappa shape index (κ3) is 9.95. The van der Waals surface area contributed by atoms with Crippen LogP contribution in [0.5, 0.6) is 0 Å². The molecule has 0 aliphatic carbocycles. The van der Waals surface area contributed by atoms with Gasteiger partial charge in [0.1, 0.15) is 5.84 Å². The molecule has 0 aromatic heterocycles. The maximum absolute atomic E-state index is 12.7. The number of ether oxygens (including phenoxy) is 1. The van der Waals surface area contributed by atoms with Crippen LogP contribution in [-0.4, -0.2) is 54.5 Å². The molecule has 0 radical (unpaired) electrons. The number of halogens is 1. The van der Waals surface area contributed by atoms with Crippen LogP contribution in [-0.2, 0) is 4.74 Å². The highest BCUT2D eigenvalue weighted by Crippen LogP contribution is 2.36. The van der Waals surface area contributed by atoms with Gasteiger partial charge in [0.2, 0.25) is 0 Å². The molecule has 0 spiro atoms. The number of anilines is 2. The molecule has 41 heavy (non-hydrogen) atoms. The Kier molecular flexibility index (Phi) is 13.2. The summed E-state index contributed by atoms with van der Waals surface area (Å²) in [6.45, 7) is 5.44. The molecule has 1 fully saturated rings. The summed E-state index contributed by atoms with van der Waals surface area (Å²) in [6.07, 6.45) is 18.3. The average molecular weight is 581 g/mol. The van der Waals surface area contributed by atoms with Gasteiger partial charge in [-0.1, -0.05) is 114 Å². The molecular formula is C34H49ClN4O2. The number of nitrogens with zero attached hydrogens (tertiary/aromatic N) is 3. The summed E-state index contributed by atoms with van der Waals surface area (Å²) in [4.78, 5) is 21.8. The van der Waals surface area contributed by atoms with Crippen LogP contribution in [0.2, 0.25) is 5.02 Å². The number of benzene rings is 2. The lowest BCUT2D eigenvalue weighted by Gasteiger charge is -2.36. The lowest BCUT2D eigenvalue weighted by atomic mass is 10.0. The van der Waals surface area contributed by atoms with E-state index in [9.17, 15) is 4.79 Å². The Bertz CT molecular complexity index is 1110. The Balaban J connectivity index is 1.10. The number of para-hydroxylation sites is 1. The first-order chi connectivity index (χ1) is 20.2. The van der Waals surface area contributed by atoms with E-state index >= 15 is 0 Å². The minimum absolute atomic E-state index is 0.193. The number of hydrogen-bond acceptors (Lipinski definition) is 5. The molecule has 1 N–H and O–H groups in total. The van der Waals surface area contributed by atoms with Crippen LogP contribution < -0.4 is 5.32 Å². The number of hydrogen-bond donors (Lipinski definition) is 1. The van der Waals surface area contributed by atoms with Gasteiger partial charge in [0.05, 0.1) is 18.0 Å². The maximum atomic E-state index is 12.7. The van der Waals surface area contributed by atoms with Gasteiger partial charge in [0.15, 0.2) is 0 Å². The molecule has 2 aromatic rings. The second kappa shape index (κ2) is 17.3. The zero-order valence-corrected chi connectivity index (χ0v) is 25.8. The molecule has 224 valence electrons. The van der Waals surface area contributed by atoms with Gasteiger partial charge in [-0.3, -0.25) is 0 Å². The normalized spacial score (nSPS) is 14.5. The predicted molar refractivity (Wildman–Crippen MR) is 172 cm³/mol. The molecular weight excluding hydrogens is 532 g/mol. The lowest BCUT2D eigenvalue weighted by Crippen LogP contribution is -2.51. The number of amidine groups is 1. The van der Waals surface area contributed by atoms with Gasteiger partial charge < -0.3 is 19.9 Å². The monoisotopic (exact) mass is 580 g/mol. The van der Waals surface area contributed by atoms with Gasteiger partial charge in [-0.15, -0.1) is 0 Å². The Hall–Kier alpha value is -2.73. The highest BCUT2D eigenvalue weighted by atomic mass is 35.5. The van der Waals surface area contributed by atoms with Gasteiger partial charge in [-0.25, -0.2) is 9.79 Å². The quantitative estimate of drug-likeness (QED) is 0.213.